The molecule has 0 bridgehead atoms. The Morgan fingerprint density at radius 3 is 1.94 bits per heavy atom. The summed E-state index contributed by atoms with van der Waals surface area (Å²) in [6.07, 6.45) is 8.20. The van der Waals surface area contributed by atoms with Gasteiger partial charge in [0.2, 0.25) is 0 Å². The SMILES string of the molecule is C=Cc1c(/C=C\C)sc2cc(-c3ccc4c(c3)oc3cccc(-c5ccc6oc7cccc(C=NCc8ccc9c(c8)sc8ccccc89)c7c6c5)c34)ccc12.N=C(N)c1ccc2c(c1)sc1ccccc12. The van der Waals surface area contributed by atoms with Crippen LogP contribution in [-0.4, -0.2) is 12.1 Å². The van der Waals surface area contributed by atoms with Gasteiger partial charge in [0, 0.05) is 94.2 Å². The maximum Gasteiger partial charge on any atom is 0.136 e. The Labute approximate surface area is 426 Å². The number of nitrogen functional groups attached to an aromatic ring is 1. The van der Waals surface area contributed by atoms with E-state index in [0.29, 0.717) is 6.54 Å². The molecule has 0 saturated heterocycles. The van der Waals surface area contributed by atoms with E-state index in [9.17, 15) is 0 Å². The lowest BCUT2D eigenvalue weighted by Crippen LogP contribution is -2.10. The van der Waals surface area contributed by atoms with Crippen molar-refractivity contribution in [2.24, 2.45) is 10.7 Å². The van der Waals surface area contributed by atoms with Crippen LogP contribution in [-0.2, 0) is 6.54 Å². The molecule has 8 heteroatoms. The second-order valence-corrected chi connectivity index (χ2v) is 21.2. The monoisotopic (exact) mass is 981 g/mol. The number of nitrogens with two attached hydrogens (primary N) is 1. The van der Waals surface area contributed by atoms with Gasteiger partial charge in [-0.05, 0) is 113 Å². The maximum absolute atomic E-state index is 7.43. The number of furan rings is 2. The number of amidine groups is 1. The summed E-state index contributed by atoms with van der Waals surface area (Å²) in [5.74, 6) is 0.124. The normalized spacial score (nSPS) is 12.1. The van der Waals surface area contributed by atoms with Gasteiger partial charge in [-0.1, -0.05) is 128 Å². The van der Waals surface area contributed by atoms with Crippen molar-refractivity contribution in [3.8, 4) is 22.3 Å². The zero-order chi connectivity index (χ0) is 48.5. The predicted molar refractivity (Wildman–Crippen MR) is 313 cm³/mol. The highest BCUT2D eigenvalue weighted by molar-refractivity contribution is 7.26. The van der Waals surface area contributed by atoms with Gasteiger partial charge in [0.1, 0.15) is 28.2 Å². The number of aliphatic imine (C=N–C) groups is 1. The predicted octanol–water partition coefficient (Wildman–Crippen LogP) is 19.0. The lowest BCUT2D eigenvalue weighted by molar-refractivity contribution is 0.669. The van der Waals surface area contributed by atoms with Crippen LogP contribution in [0.3, 0.4) is 0 Å². The van der Waals surface area contributed by atoms with E-state index in [1.165, 1.54) is 66.4 Å². The third-order valence-corrected chi connectivity index (χ3v) is 17.0. The van der Waals surface area contributed by atoms with E-state index in [0.717, 1.165) is 77.3 Å². The summed E-state index contributed by atoms with van der Waals surface area (Å²) >= 11 is 5.38. The Balaban J connectivity index is 0.000000267. The molecule has 0 amide bonds. The third kappa shape index (κ3) is 7.51. The highest BCUT2D eigenvalue weighted by Crippen LogP contribution is 2.43. The molecule has 0 aliphatic carbocycles. The van der Waals surface area contributed by atoms with Crippen LogP contribution in [0.4, 0.5) is 0 Å². The summed E-state index contributed by atoms with van der Waals surface area (Å²) in [5, 5.41) is 18.2. The average molecular weight is 982 g/mol. The van der Waals surface area contributed by atoms with Gasteiger partial charge >= 0.3 is 0 Å². The van der Waals surface area contributed by atoms with Crippen molar-refractivity contribution in [3.05, 3.63) is 216 Å². The van der Waals surface area contributed by atoms with Gasteiger partial charge in [-0.15, -0.1) is 34.0 Å². The molecule has 14 rings (SSSR count). The highest BCUT2D eigenvalue weighted by Gasteiger charge is 2.18. The van der Waals surface area contributed by atoms with Gasteiger partial charge < -0.3 is 14.6 Å². The molecule has 9 aromatic carbocycles. The largest absolute Gasteiger partial charge is 0.456 e. The van der Waals surface area contributed by atoms with Crippen molar-refractivity contribution in [1.82, 2.24) is 0 Å². The van der Waals surface area contributed by atoms with E-state index in [2.05, 4.69) is 159 Å². The molecule has 3 N–H and O–H groups in total. The first-order valence-electron chi connectivity index (χ1n) is 23.8. The van der Waals surface area contributed by atoms with E-state index < -0.39 is 0 Å². The lowest BCUT2D eigenvalue weighted by atomic mass is 9.96. The van der Waals surface area contributed by atoms with Crippen molar-refractivity contribution in [2.75, 3.05) is 0 Å². The zero-order valence-electron chi connectivity index (χ0n) is 39.0. The first kappa shape index (κ1) is 43.6. The summed E-state index contributed by atoms with van der Waals surface area (Å²) in [4.78, 5) is 6.17. The fraction of sp³-hybridized carbons (Fsp3) is 0.0312. The summed E-state index contributed by atoms with van der Waals surface area (Å²) in [6.45, 7) is 6.73. The number of hydrogen-bond acceptors (Lipinski definition) is 7. The van der Waals surface area contributed by atoms with Crippen LogP contribution in [0.25, 0.3) is 129 Å². The zero-order valence-corrected chi connectivity index (χ0v) is 41.5. The van der Waals surface area contributed by atoms with Crippen molar-refractivity contribution in [2.45, 2.75) is 13.5 Å². The van der Waals surface area contributed by atoms with Gasteiger partial charge in [-0.2, -0.15) is 0 Å². The Morgan fingerprint density at radius 1 is 0.542 bits per heavy atom. The molecule has 0 aliphatic rings. The van der Waals surface area contributed by atoms with Crippen LogP contribution in [0.5, 0.6) is 0 Å². The number of fused-ring (bicyclic) bond motifs is 13. The number of benzene rings is 9. The minimum Gasteiger partial charge on any atom is -0.456 e. The van der Waals surface area contributed by atoms with Crippen LogP contribution in [0.15, 0.2) is 202 Å². The van der Waals surface area contributed by atoms with Crippen LogP contribution in [0.1, 0.15) is 34.1 Å². The smallest absolute Gasteiger partial charge is 0.136 e. The van der Waals surface area contributed by atoms with Crippen LogP contribution < -0.4 is 5.73 Å². The van der Waals surface area contributed by atoms with Crippen molar-refractivity contribution in [3.63, 3.8) is 0 Å². The van der Waals surface area contributed by atoms with Gasteiger partial charge in [-0.3, -0.25) is 10.4 Å². The second kappa shape index (κ2) is 17.8. The van der Waals surface area contributed by atoms with Crippen LogP contribution >= 0.6 is 34.0 Å². The van der Waals surface area contributed by atoms with Gasteiger partial charge in [0.15, 0.2) is 0 Å². The van der Waals surface area contributed by atoms with Gasteiger partial charge in [0.05, 0.1) is 6.54 Å². The van der Waals surface area contributed by atoms with Gasteiger partial charge in [-0.25, -0.2) is 0 Å². The van der Waals surface area contributed by atoms with Gasteiger partial charge in [0.25, 0.3) is 0 Å². The molecule has 5 nitrogen and oxygen atoms in total. The molecule has 0 fully saturated rings. The molecule has 5 heterocycles. The number of nitrogens with zero attached hydrogens (tertiary/aromatic N) is 1. The summed E-state index contributed by atoms with van der Waals surface area (Å²) in [7, 11) is 0. The molecule has 14 aromatic rings. The van der Waals surface area contributed by atoms with E-state index in [1.54, 1.807) is 22.7 Å². The second-order valence-electron chi connectivity index (χ2n) is 17.9. The molecular formula is C64H43N3O2S3. The number of allylic oxidation sites excluding steroid dienone is 1. The Bertz CT molecular complexity index is 4570. The first-order chi connectivity index (χ1) is 35.4. The molecule has 72 heavy (non-hydrogen) atoms. The van der Waals surface area contributed by atoms with E-state index in [1.807, 2.05) is 66.1 Å². The molecule has 344 valence electrons. The molecule has 5 aromatic heterocycles. The van der Waals surface area contributed by atoms with Crippen LogP contribution in [0.2, 0.25) is 0 Å². The molecule has 0 atom stereocenters. The Morgan fingerprint density at radius 2 is 1.18 bits per heavy atom. The quantitative estimate of drug-likeness (QED) is 0.117. The van der Waals surface area contributed by atoms with E-state index >= 15 is 0 Å². The Kier molecular flexibility index (Phi) is 10.8. The fourth-order valence-corrected chi connectivity index (χ4v) is 13.7. The minimum atomic E-state index is 0.124. The number of rotatable bonds is 8. The van der Waals surface area contributed by atoms with E-state index in [4.69, 9.17) is 25.0 Å². The topological polar surface area (TPSA) is 88.5 Å². The summed E-state index contributed by atoms with van der Waals surface area (Å²) in [6, 6.07) is 61.9. The highest BCUT2D eigenvalue weighted by atomic mass is 32.1. The standard InChI is InChI=1S/C51H33NO2S2.C13H10N2S/c1-3-9-46-35(4-2)38-21-17-32(27-49(38)55-46)31-18-22-40-45(26-31)54-44-14-8-12-36(51(40)44)33-19-23-42-41(25-33)50-34(10-7-13-43(50)53-42)29-52-28-30-16-20-39-37-11-5-6-15-47(37)56-48(39)24-30;14-13(15)8-5-6-10-9-3-1-2-4-11(9)16-12(10)7-8/h3-27,29H,2,28H2,1H3;1-7H,(H3,14,15)/b9-3-,52-29?;. The first-order valence-corrected chi connectivity index (χ1v) is 26.2. The molecule has 0 unspecified atom stereocenters. The summed E-state index contributed by atoms with van der Waals surface area (Å²) in [5.41, 5.74) is 17.7. The van der Waals surface area contributed by atoms with Crippen LogP contribution in [0, 0.1) is 5.41 Å². The molecular weight excluding hydrogens is 939 g/mol. The average Bonchev–Trinajstić information content (AvgIpc) is 4.24. The van der Waals surface area contributed by atoms with Crippen molar-refractivity contribution in [1.29, 1.82) is 5.41 Å². The number of hydrogen-bond donors (Lipinski definition) is 2. The van der Waals surface area contributed by atoms with Crippen molar-refractivity contribution < 1.29 is 8.83 Å². The van der Waals surface area contributed by atoms with E-state index in [-0.39, 0.29) is 5.84 Å². The Hall–Kier alpha value is -8.40. The number of nitrogens with one attached hydrogen (secondary N) is 1. The number of thiophene rings is 3. The summed E-state index contributed by atoms with van der Waals surface area (Å²) < 4.78 is 19.3. The molecule has 0 spiro atoms. The van der Waals surface area contributed by atoms with Crippen molar-refractivity contribution >= 4 is 153 Å². The molecule has 0 saturated carbocycles. The molecule has 0 radical (unpaired) electrons. The molecule has 0 aliphatic heterocycles. The lowest BCUT2D eigenvalue weighted by Gasteiger charge is -2.05. The minimum absolute atomic E-state index is 0.124. The maximum atomic E-state index is 7.43. The third-order valence-electron chi connectivity index (χ3n) is 13.6. The fourth-order valence-electron chi connectivity index (χ4n) is 10.2.